The summed E-state index contributed by atoms with van der Waals surface area (Å²) < 4.78 is 0. The number of nitrogens with two attached hydrogens (primary N) is 1. The van der Waals surface area contributed by atoms with Gasteiger partial charge in [-0.05, 0) is 18.2 Å². The molecule has 17 heavy (non-hydrogen) atoms. The Kier molecular flexibility index (Phi) is 2.40. The van der Waals surface area contributed by atoms with E-state index in [2.05, 4.69) is 39.1 Å². The van der Waals surface area contributed by atoms with E-state index in [-0.39, 0.29) is 0 Å². The smallest absolute Gasteiger partial charge is 0.220 e. The van der Waals surface area contributed by atoms with Gasteiger partial charge in [0.05, 0.1) is 5.69 Å². The number of para-hydroxylation sites is 1. The predicted molar refractivity (Wildman–Crippen MR) is 67.8 cm³/mol. The molecule has 0 atom stereocenters. The summed E-state index contributed by atoms with van der Waals surface area (Å²) in [5.41, 5.74) is 7.90. The van der Waals surface area contributed by atoms with Crippen molar-refractivity contribution in [2.45, 2.75) is 5.92 Å². The predicted octanol–water partition coefficient (Wildman–Crippen LogP) is 1.66. The number of hydrogen-bond acceptors (Lipinski definition) is 4. The minimum Gasteiger partial charge on any atom is -0.370 e. The van der Waals surface area contributed by atoms with Crippen molar-refractivity contribution in [2.24, 2.45) is 0 Å². The van der Waals surface area contributed by atoms with Crippen molar-refractivity contribution in [3.8, 4) is 0 Å². The molecule has 1 aliphatic heterocycles. The molecule has 0 radical (unpaired) electrons. The Bertz CT molecular complexity index is 506. The highest BCUT2D eigenvalue weighted by atomic mass is 15.2. The highest BCUT2D eigenvalue weighted by Gasteiger charge is 2.29. The third-order valence-electron chi connectivity index (χ3n) is 3.12. The first kappa shape index (κ1) is 10.1. The molecular weight excluding hydrogens is 212 g/mol. The molecule has 1 saturated heterocycles. The highest BCUT2D eigenvalue weighted by Crippen LogP contribution is 2.30. The monoisotopic (exact) mass is 226 g/mol. The van der Waals surface area contributed by atoms with Gasteiger partial charge in [-0.3, -0.25) is 0 Å². The van der Waals surface area contributed by atoms with Gasteiger partial charge in [0, 0.05) is 30.9 Å². The fourth-order valence-electron chi connectivity index (χ4n) is 2.13. The van der Waals surface area contributed by atoms with Crippen LogP contribution in [0.2, 0.25) is 0 Å². The molecule has 1 aliphatic rings. The number of hydrogen-bond donors (Lipinski definition) is 1. The van der Waals surface area contributed by atoms with Crippen molar-refractivity contribution in [1.29, 1.82) is 0 Å². The lowest BCUT2D eigenvalue weighted by atomic mass is 9.95. The number of nitrogens with zero attached hydrogens (tertiary/aromatic N) is 3. The van der Waals surface area contributed by atoms with Gasteiger partial charge >= 0.3 is 0 Å². The maximum Gasteiger partial charge on any atom is 0.220 e. The van der Waals surface area contributed by atoms with Crippen LogP contribution in [0.5, 0.6) is 0 Å². The summed E-state index contributed by atoms with van der Waals surface area (Å²) in [4.78, 5) is 10.5. The quantitative estimate of drug-likeness (QED) is 0.846. The maximum atomic E-state index is 5.59. The van der Waals surface area contributed by atoms with E-state index in [1.165, 1.54) is 5.69 Å². The normalized spacial score (nSPS) is 15.6. The van der Waals surface area contributed by atoms with Crippen molar-refractivity contribution < 1.29 is 0 Å². The van der Waals surface area contributed by atoms with Crippen LogP contribution in [-0.4, -0.2) is 23.1 Å². The molecule has 3 rings (SSSR count). The first-order valence-electron chi connectivity index (χ1n) is 5.71. The summed E-state index contributed by atoms with van der Waals surface area (Å²) in [5, 5.41) is 0. The highest BCUT2D eigenvalue weighted by molar-refractivity contribution is 5.50. The van der Waals surface area contributed by atoms with Crippen LogP contribution in [0.3, 0.4) is 0 Å². The third kappa shape index (κ3) is 1.93. The number of benzene rings is 1. The van der Waals surface area contributed by atoms with Crippen LogP contribution in [0, 0.1) is 0 Å². The van der Waals surface area contributed by atoms with Crippen molar-refractivity contribution in [3.63, 3.8) is 0 Å². The SMILES string of the molecule is Nc1nccc(C2CN(c3ccccc3)C2)n1. The minimum absolute atomic E-state index is 0.362. The standard InChI is InChI=1S/C13H14N4/c14-13-15-7-6-12(16-13)10-8-17(9-10)11-4-2-1-3-5-11/h1-7,10H,8-9H2,(H2,14,15,16). The van der Waals surface area contributed by atoms with Crippen LogP contribution in [-0.2, 0) is 0 Å². The van der Waals surface area contributed by atoms with Crippen LogP contribution in [0.25, 0.3) is 0 Å². The second-order valence-electron chi connectivity index (χ2n) is 4.28. The van der Waals surface area contributed by atoms with Gasteiger partial charge in [-0.2, -0.15) is 0 Å². The van der Waals surface area contributed by atoms with Gasteiger partial charge < -0.3 is 10.6 Å². The Morgan fingerprint density at radius 3 is 2.59 bits per heavy atom. The topological polar surface area (TPSA) is 55.0 Å². The molecule has 0 spiro atoms. The average molecular weight is 226 g/mol. The van der Waals surface area contributed by atoms with Gasteiger partial charge in [-0.15, -0.1) is 0 Å². The molecule has 1 aromatic heterocycles. The van der Waals surface area contributed by atoms with Gasteiger partial charge in [-0.1, -0.05) is 18.2 Å². The zero-order valence-electron chi connectivity index (χ0n) is 9.45. The van der Waals surface area contributed by atoms with E-state index in [4.69, 9.17) is 5.73 Å². The molecule has 0 amide bonds. The lowest BCUT2D eigenvalue weighted by Gasteiger charge is -2.40. The van der Waals surface area contributed by atoms with Gasteiger partial charge in [-0.25, -0.2) is 9.97 Å². The second-order valence-corrected chi connectivity index (χ2v) is 4.28. The molecule has 86 valence electrons. The van der Waals surface area contributed by atoms with Gasteiger partial charge in [0.15, 0.2) is 0 Å². The van der Waals surface area contributed by atoms with Crippen molar-refractivity contribution in [3.05, 3.63) is 48.3 Å². The fourth-order valence-corrected chi connectivity index (χ4v) is 2.13. The lowest BCUT2D eigenvalue weighted by molar-refractivity contribution is 0.513. The average Bonchev–Trinajstić information content (AvgIpc) is 2.28. The molecular formula is C13H14N4. The Balaban J connectivity index is 1.69. The van der Waals surface area contributed by atoms with Crippen LogP contribution in [0.15, 0.2) is 42.6 Å². The van der Waals surface area contributed by atoms with Gasteiger partial charge in [0.25, 0.3) is 0 Å². The molecule has 0 aliphatic carbocycles. The first-order valence-corrected chi connectivity index (χ1v) is 5.71. The zero-order valence-corrected chi connectivity index (χ0v) is 9.45. The first-order chi connectivity index (χ1) is 8.33. The van der Waals surface area contributed by atoms with Crippen LogP contribution in [0.1, 0.15) is 11.6 Å². The Hall–Kier alpha value is -2.10. The van der Waals surface area contributed by atoms with E-state index < -0.39 is 0 Å². The number of aromatic nitrogens is 2. The summed E-state index contributed by atoms with van der Waals surface area (Å²) in [6.45, 7) is 2.00. The Labute approximate surface area is 100 Å². The Morgan fingerprint density at radius 1 is 1.12 bits per heavy atom. The maximum absolute atomic E-state index is 5.59. The van der Waals surface area contributed by atoms with Gasteiger partial charge in [0.2, 0.25) is 5.95 Å². The minimum atomic E-state index is 0.362. The van der Waals surface area contributed by atoms with Crippen LogP contribution in [0.4, 0.5) is 11.6 Å². The van der Waals surface area contributed by atoms with E-state index in [1.807, 2.05) is 12.1 Å². The molecule has 4 heteroatoms. The molecule has 2 N–H and O–H groups in total. The van der Waals surface area contributed by atoms with Crippen molar-refractivity contribution in [2.75, 3.05) is 23.7 Å². The summed E-state index contributed by atoms with van der Waals surface area (Å²) in [6.07, 6.45) is 1.73. The number of nitrogen functional groups attached to an aromatic ring is 1. The van der Waals surface area contributed by atoms with E-state index in [9.17, 15) is 0 Å². The number of rotatable bonds is 2. The summed E-state index contributed by atoms with van der Waals surface area (Å²) in [7, 11) is 0. The van der Waals surface area contributed by atoms with Crippen LogP contribution < -0.4 is 10.6 Å². The molecule has 0 saturated carbocycles. The zero-order chi connectivity index (χ0) is 11.7. The molecule has 4 nitrogen and oxygen atoms in total. The van der Waals surface area contributed by atoms with Gasteiger partial charge in [0.1, 0.15) is 0 Å². The summed E-state index contributed by atoms with van der Waals surface area (Å²) >= 11 is 0. The second kappa shape index (κ2) is 4.05. The molecule has 2 heterocycles. The van der Waals surface area contributed by atoms with E-state index in [0.29, 0.717) is 11.9 Å². The van der Waals surface area contributed by atoms with Crippen LogP contribution >= 0.6 is 0 Å². The summed E-state index contributed by atoms with van der Waals surface area (Å²) in [5.74, 6) is 0.834. The molecule has 0 unspecified atom stereocenters. The summed E-state index contributed by atoms with van der Waals surface area (Å²) in [6, 6.07) is 12.4. The Morgan fingerprint density at radius 2 is 1.88 bits per heavy atom. The fraction of sp³-hybridized carbons (Fsp3) is 0.231. The number of anilines is 2. The van der Waals surface area contributed by atoms with E-state index >= 15 is 0 Å². The lowest BCUT2D eigenvalue weighted by Crippen LogP contribution is -2.45. The molecule has 1 aromatic carbocycles. The van der Waals surface area contributed by atoms with E-state index in [0.717, 1.165) is 18.8 Å². The van der Waals surface area contributed by atoms with Crippen molar-refractivity contribution >= 4 is 11.6 Å². The largest absolute Gasteiger partial charge is 0.370 e. The molecule has 1 fully saturated rings. The third-order valence-corrected chi connectivity index (χ3v) is 3.12. The molecule has 2 aromatic rings. The van der Waals surface area contributed by atoms with Crippen molar-refractivity contribution in [1.82, 2.24) is 9.97 Å². The van der Waals surface area contributed by atoms with E-state index in [1.54, 1.807) is 6.20 Å². The molecule has 0 bridgehead atoms.